The van der Waals surface area contributed by atoms with Gasteiger partial charge in [0.1, 0.15) is 0 Å². The Morgan fingerprint density at radius 2 is 2.00 bits per heavy atom. The summed E-state index contributed by atoms with van der Waals surface area (Å²) in [4.78, 5) is 23.1. The zero-order valence-electron chi connectivity index (χ0n) is 9.51. The van der Waals surface area contributed by atoms with Crippen LogP contribution in [0.2, 0.25) is 0 Å². The molecule has 1 aliphatic heterocycles. The van der Waals surface area contributed by atoms with E-state index in [2.05, 4.69) is 0 Å². The molecule has 0 spiro atoms. The van der Waals surface area contributed by atoms with Crippen molar-refractivity contribution in [2.24, 2.45) is 11.8 Å². The van der Waals surface area contributed by atoms with E-state index in [9.17, 15) is 14.7 Å². The number of esters is 1. The highest BCUT2D eigenvalue weighted by Gasteiger charge is 2.65. The van der Waals surface area contributed by atoms with Gasteiger partial charge in [-0.25, -0.2) is 9.59 Å². The van der Waals surface area contributed by atoms with E-state index in [4.69, 9.17) is 9.47 Å². The van der Waals surface area contributed by atoms with E-state index in [1.54, 1.807) is 0 Å². The van der Waals surface area contributed by atoms with Crippen LogP contribution >= 0.6 is 0 Å². The number of aliphatic carboxylic acids is 1. The minimum absolute atomic E-state index is 0.0359. The highest BCUT2D eigenvalue weighted by atomic mass is 16.6. The number of ether oxygens (including phenoxy) is 2. The molecule has 92 valence electrons. The van der Waals surface area contributed by atoms with E-state index >= 15 is 0 Å². The maximum absolute atomic E-state index is 11.9. The van der Waals surface area contributed by atoms with Crippen molar-refractivity contribution in [3.63, 3.8) is 0 Å². The maximum atomic E-state index is 11.9. The summed E-state index contributed by atoms with van der Waals surface area (Å²) in [7, 11) is 0. The second-order valence-electron chi connectivity index (χ2n) is 4.78. The molecule has 1 saturated carbocycles. The number of carbonyl (C=O) groups is 2. The van der Waals surface area contributed by atoms with Gasteiger partial charge in [0.15, 0.2) is 0 Å². The van der Waals surface area contributed by atoms with Gasteiger partial charge in [-0.3, -0.25) is 0 Å². The van der Waals surface area contributed by atoms with E-state index < -0.39 is 11.9 Å². The molecule has 5 heteroatoms. The van der Waals surface area contributed by atoms with Gasteiger partial charge >= 0.3 is 11.9 Å². The first-order valence-electron chi connectivity index (χ1n) is 5.95. The molecular weight excluding hydrogens is 224 g/mol. The van der Waals surface area contributed by atoms with Crippen LogP contribution < -0.4 is 0 Å². The summed E-state index contributed by atoms with van der Waals surface area (Å²) < 4.78 is 10.5. The third kappa shape index (κ3) is 1.42. The number of fused-ring (bicyclic) bond motifs is 5. The average Bonchev–Trinajstić information content (AvgIpc) is 2.91. The standard InChI is InChI=1S/C12H14O5/c1-2-3-16-12(15)8-6-4-5(7(8)11(13)14)9-10(6)17-9/h5-6,9-10H,2-4H2,1H3,(H,13,14)/t5-,6+,9-,10+/m0/s1. The fraction of sp³-hybridized carbons (Fsp3) is 0.667. The van der Waals surface area contributed by atoms with Crippen LogP contribution in [0.3, 0.4) is 0 Å². The molecule has 2 aliphatic carbocycles. The number of carboxylic acid groups (broad SMARTS) is 1. The Morgan fingerprint density at radius 3 is 2.59 bits per heavy atom. The van der Waals surface area contributed by atoms with Gasteiger partial charge in [0.25, 0.3) is 0 Å². The normalized spacial score (nSPS) is 37.0. The summed E-state index contributed by atoms with van der Waals surface area (Å²) in [6.45, 7) is 2.24. The van der Waals surface area contributed by atoms with E-state index in [1.165, 1.54) is 0 Å². The first-order valence-corrected chi connectivity index (χ1v) is 5.95. The zero-order valence-corrected chi connectivity index (χ0v) is 9.51. The maximum Gasteiger partial charge on any atom is 0.334 e. The van der Waals surface area contributed by atoms with E-state index in [1.807, 2.05) is 6.92 Å². The van der Waals surface area contributed by atoms with Crippen LogP contribution in [0.1, 0.15) is 19.8 Å². The number of carbonyl (C=O) groups excluding carboxylic acids is 1. The highest BCUT2D eigenvalue weighted by molar-refractivity contribution is 6.02. The molecule has 0 unspecified atom stereocenters. The smallest absolute Gasteiger partial charge is 0.334 e. The molecular formula is C12H14O5. The Kier molecular flexibility index (Phi) is 2.26. The first kappa shape index (κ1) is 10.8. The van der Waals surface area contributed by atoms with Crippen molar-refractivity contribution in [3.8, 4) is 0 Å². The molecule has 0 radical (unpaired) electrons. The molecule has 5 nitrogen and oxygen atoms in total. The molecule has 1 N–H and O–H groups in total. The summed E-state index contributed by atoms with van der Waals surface area (Å²) in [5.41, 5.74) is 0.588. The summed E-state index contributed by atoms with van der Waals surface area (Å²) in [5, 5.41) is 9.20. The van der Waals surface area contributed by atoms with Gasteiger partial charge in [-0.2, -0.15) is 0 Å². The Morgan fingerprint density at radius 1 is 1.35 bits per heavy atom. The second kappa shape index (κ2) is 3.57. The van der Waals surface area contributed by atoms with E-state index in [0.29, 0.717) is 12.2 Å². The molecule has 0 amide bonds. The van der Waals surface area contributed by atoms with Crippen molar-refractivity contribution in [1.82, 2.24) is 0 Å². The third-order valence-corrected chi connectivity index (χ3v) is 3.78. The SMILES string of the molecule is CCCOC(=O)C1=C(C(=O)O)[C@@H]2C[C@H]1[C@H]1O[C@H]12. The highest BCUT2D eigenvalue weighted by Crippen LogP contribution is 2.59. The number of hydrogen-bond acceptors (Lipinski definition) is 4. The van der Waals surface area contributed by atoms with E-state index in [-0.39, 0.29) is 29.6 Å². The molecule has 1 saturated heterocycles. The minimum atomic E-state index is -1.00. The van der Waals surface area contributed by atoms with Crippen LogP contribution in [0, 0.1) is 11.8 Å². The topological polar surface area (TPSA) is 76.1 Å². The summed E-state index contributed by atoms with van der Waals surface area (Å²) in [6.07, 6.45) is 1.56. The third-order valence-electron chi connectivity index (χ3n) is 3.78. The number of hydrogen-bond donors (Lipinski definition) is 1. The van der Waals surface area contributed by atoms with Crippen LogP contribution in [-0.4, -0.2) is 35.9 Å². The minimum Gasteiger partial charge on any atom is -0.478 e. The van der Waals surface area contributed by atoms with Crippen molar-refractivity contribution < 1.29 is 24.2 Å². The van der Waals surface area contributed by atoms with Gasteiger partial charge in [-0.1, -0.05) is 6.92 Å². The van der Waals surface area contributed by atoms with Crippen molar-refractivity contribution in [2.75, 3.05) is 6.61 Å². The van der Waals surface area contributed by atoms with Crippen molar-refractivity contribution in [3.05, 3.63) is 11.1 Å². The van der Waals surface area contributed by atoms with E-state index in [0.717, 1.165) is 12.8 Å². The molecule has 17 heavy (non-hydrogen) atoms. The monoisotopic (exact) mass is 238 g/mol. The zero-order chi connectivity index (χ0) is 12.2. The first-order chi connectivity index (χ1) is 8.15. The fourth-order valence-electron chi connectivity index (χ4n) is 3.10. The summed E-state index contributed by atoms with van der Waals surface area (Å²) in [6, 6.07) is 0. The van der Waals surface area contributed by atoms with Crippen molar-refractivity contribution in [1.29, 1.82) is 0 Å². The molecule has 4 atom stereocenters. The second-order valence-corrected chi connectivity index (χ2v) is 4.78. The van der Waals surface area contributed by atoms with Crippen LogP contribution in [0.15, 0.2) is 11.1 Å². The molecule has 1 heterocycles. The van der Waals surface area contributed by atoms with Gasteiger partial charge in [0.05, 0.1) is 30.0 Å². The van der Waals surface area contributed by atoms with Crippen molar-refractivity contribution >= 4 is 11.9 Å². The summed E-state index contributed by atoms with van der Waals surface area (Å²) >= 11 is 0. The van der Waals surface area contributed by atoms with Gasteiger partial charge in [0, 0.05) is 11.8 Å². The van der Waals surface area contributed by atoms with Crippen LogP contribution in [0.5, 0.6) is 0 Å². The molecule has 0 aromatic carbocycles. The average molecular weight is 238 g/mol. The van der Waals surface area contributed by atoms with Crippen LogP contribution in [0.25, 0.3) is 0 Å². The Balaban J connectivity index is 1.89. The molecule has 2 bridgehead atoms. The number of carboxylic acids is 1. The summed E-state index contributed by atoms with van der Waals surface area (Å²) in [5.74, 6) is -1.63. The van der Waals surface area contributed by atoms with Crippen LogP contribution in [-0.2, 0) is 19.1 Å². The molecule has 0 aromatic heterocycles. The van der Waals surface area contributed by atoms with Gasteiger partial charge < -0.3 is 14.6 Å². The Bertz CT molecular complexity index is 425. The lowest BCUT2D eigenvalue weighted by atomic mass is 9.92. The van der Waals surface area contributed by atoms with Crippen LogP contribution in [0.4, 0.5) is 0 Å². The quantitative estimate of drug-likeness (QED) is 0.577. The molecule has 0 aromatic rings. The molecule has 3 aliphatic rings. The largest absolute Gasteiger partial charge is 0.478 e. The lowest BCUT2D eigenvalue weighted by molar-refractivity contribution is -0.141. The predicted octanol–water partition coefficient (Wildman–Crippen LogP) is 0.738. The van der Waals surface area contributed by atoms with Crippen molar-refractivity contribution in [2.45, 2.75) is 32.0 Å². The number of epoxide rings is 1. The Labute approximate surface area is 98.4 Å². The fourth-order valence-corrected chi connectivity index (χ4v) is 3.10. The van der Waals surface area contributed by atoms with Gasteiger partial charge in [-0.15, -0.1) is 0 Å². The van der Waals surface area contributed by atoms with Gasteiger partial charge in [-0.05, 0) is 12.8 Å². The lowest BCUT2D eigenvalue weighted by Gasteiger charge is -2.13. The lowest BCUT2D eigenvalue weighted by Crippen LogP contribution is -2.23. The Hall–Kier alpha value is -1.36. The predicted molar refractivity (Wildman–Crippen MR) is 56.2 cm³/mol. The van der Waals surface area contributed by atoms with Gasteiger partial charge in [0.2, 0.25) is 0 Å². The number of rotatable bonds is 4. The molecule has 3 rings (SSSR count). The molecule has 2 fully saturated rings.